The van der Waals surface area contributed by atoms with Crippen molar-refractivity contribution in [3.63, 3.8) is 0 Å². The first kappa shape index (κ1) is 26.1. The van der Waals surface area contributed by atoms with Gasteiger partial charge in [0.05, 0.1) is 12.2 Å². The first-order chi connectivity index (χ1) is 16.9. The van der Waals surface area contributed by atoms with E-state index in [1.165, 1.54) is 5.56 Å². The molecule has 3 amide bonds. The number of nitrogens with zero attached hydrogens (tertiary/aromatic N) is 1. The van der Waals surface area contributed by atoms with Crippen molar-refractivity contribution < 1.29 is 19.1 Å². The monoisotopic (exact) mass is 480 g/mol. The predicted molar refractivity (Wildman–Crippen MR) is 138 cm³/mol. The van der Waals surface area contributed by atoms with Gasteiger partial charge >= 0.3 is 12.0 Å². The molecule has 8 heteroatoms. The molecule has 0 bridgehead atoms. The summed E-state index contributed by atoms with van der Waals surface area (Å²) in [6.07, 6.45) is 3.17. The Labute approximate surface area is 207 Å². The third-order valence-electron chi connectivity index (χ3n) is 5.94. The second kappa shape index (κ2) is 12.8. The molecule has 0 spiro atoms. The van der Waals surface area contributed by atoms with Crippen LogP contribution in [0.25, 0.3) is 0 Å². The van der Waals surface area contributed by atoms with Crippen molar-refractivity contribution in [1.29, 1.82) is 0 Å². The zero-order valence-electron chi connectivity index (χ0n) is 20.8. The summed E-state index contributed by atoms with van der Waals surface area (Å²) in [6.45, 7) is 7.29. The molecule has 8 nitrogen and oxygen atoms in total. The van der Waals surface area contributed by atoms with Crippen LogP contribution in [0.4, 0.5) is 16.2 Å². The van der Waals surface area contributed by atoms with E-state index in [4.69, 9.17) is 4.74 Å². The zero-order valence-corrected chi connectivity index (χ0v) is 20.8. The molecule has 188 valence electrons. The fraction of sp³-hybridized carbons (Fsp3) is 0.444. The van der Waals surface area contributed by atoms with E-state index in [0.29, 0.717) is 17.2 Å². The number of amides is 3. The maximum atomic E-state index is 13.0. The molecular weight excluding hydrogens is 444 g/mol. The molecule has 0 radical (unpaired) electrons. The summed E-state index contributed by atoms with van der Waals surface area (Å²) in [7, 11) is 0. The lowest BCUT2D eigenvalue weighted by molar-refractivity contribution is -0.141. The molecule has 0 saturated carbocycles. The van der Waals surface area contributed by atoms with Crippen LogP contribution < -0.4 is 20.9 Å². The minimum absolute atomic E-state index is 0.0172. The lowest BCUT2D eigenvalue weighted by Crippen LogP contribution is -2.37. The average Bonchev–Trinajstić information content (AvgIpc) is 2.84. The lowest BCUT2D eigenvalue weighted by Gasteiger charge is -2.35. The van der Waals surface area contributed by atoms with Gasteiger partial charge in [-0.1, -0.05) is 30.3 Å². The first-order valence-corrected chi connectivity index (χ1v) is 12.3. The summed E-state index contributed by atoms with van der Waals surface area (Å²) in [6, 6.07) is 15.3. The predicted octanol–water partition coefficient (Wildman–Crippen LogP) is 3.97. The number of piperidine rings is 1. The Morgan fingerprint density at radius 2 is 1.77 bits per heavy atom. The smallest absolute Gasteiger partial charge is 0.325 e. The van der Waals surface area contributed by atoms with Crippen molar-refractivity contribution in [3.8, 4) is 0 Å². The quantitative estimate of drug-likeness (QED) is 0.472. The van der Waals surface area contributed by atoms with Crippen molar-refractivity contribution >= 4 is 29.3 Å². The molecule has 35 heavy (non-hydrogen) atoms. The van der Waals surface area contributed by atoms with Crippen LogP contribution in [0.1, 0.15) is 49.5 Å². The highest BCUT2D eigenvalue weighted by Gasteiger charge is 2.24. The van der Waals surface area contributed by atoms with E-state index in [9.17, 15) is 14.4 Å². The number of nitrogens with one attached hydrogen (secondary N) is 3. The fourth-order valence-corrected chi connectivity index (χ4v) is 4.28. The van der Waals surface area contributed by atoms with Gasteiger partial charge < -0.3 is 25.6 Å². The zero-order chi connectivity index (χ0) is 25.2. The number of anilines is 2. The van der Waals surface area contributed by atoms with Gasteiger partial charge in [-0.05, 0) is 69.7 Å². The lowest BCUT2D eigenvalue weighted by atomic mass is 9.89. The largest absolute Gasteiger partial charge is 0.465 e. The normalized spacial score (nSPS) is 13.9. The maximum Gasteiger partial charge on any atom is 0.325 e. The van der Waals surface area contributed by atoms with Crippen LogP contribution in [0, 0.1) is 5.92 Å². The third-order valence-corrected chi connectivity index (χ3v) is 5.94. The Bertz CT molecular complexity index is 1000. The van der Waals surface area contributed by atoms with Crippen LogP contribution in [0.15, 0.2) is 48.5 Å². The van der Waals surface area contributed by atoms with Crippen molar-refractivity contribution in [1.82, 2.24) is 10.6 Å². The Kier molecular flexibility index (Phi) is 9.52. The second-order valence-corrected chi connectivity index (χ2v) is 9.09. The number of rotatable bonds is 9. The summed E-state index contributed by atoms with van der Waals surface area (Å²) < 4.78 is 4.81. The Balaban J connectivity index is 1.68. The highest BCUT2D eigenvalue weighted by molar-refractivity contribution is 6.02. The highest BCUT2D eigenvalue weighted by atomic mass is 16.5. The minimum Gasteiger partial charge on any atom is -0.465 e. The minimum atomic E-state index is -0.539. The van der Waals surface area contributed by atoms with Crippen molar-refractivity contribution in [3.05, 3.63) is 59.7 Å². The molecule has 3 N–H and O–H groups in total. The molecule has 0 aromatic heterocycles. The van der Waals surface area contributed by atoms with E-state index < -0.39 is 12.0 Å². The molecule has 1 saturated heterocycles. The van der Waals surface area contributed by atoms with Crippen LogP contribution in [0.2, 0.25) is 0 Å². The number of benzene rings is 2. The SMILES string of the molecule is CCOC(=O)CNC(=O)Nc1ccc(N2CCC(Cc3ccccc3)CC2)c(C(=O)NC(C)C)c1. The molecule has 0 unspecified atom stereocenters. The molecule has 1 heterocycles. The van der Waals surface area contributed by atoms with E-state index in [-0.39, 0.29) is 25.1 Å². The number of esters is 1. The maximum absolute atomic E-state index is 13.0. The van der Waals surface area contributed by atoms with Crippen molar-refractivity contribution in [2.45, 2.75) is 46.1 Å². The number of ether oxygens (including phenoxy) is 1. The molecule has 0 atom stereocenters. The summed E-state index contributed by atoms with van der Waals surface area (Å²) >= 11 is 0. The Morgan fingerprint density at radius 3 is 2.43 bits per heavy atom. The van der Waals surface area contributed by atoms with Gasteiger partial charge in [0.15, 0.2) is 0 Å². The molecule has 2 aromatic carbocycles. The van der Waals surface area contributed by atoms with E-state index in [1.54, 1.807) is 19.1 Å². The van der Waals surface area contributed by atoms with Crippen LogP contribution in [-0.4, -0.2) is 50.2 Å². The van der Waals surface area contributed by atoms with Crippen LogP contribution in [0.3, 0.4) is 0 Å². The molecular formula is C27H36N4O4. The van der Waals surface area contributed by atoms with Crippen molar-refractivity contribution in [2.24, 2.45) is 5.92 Å². The van der Waals surface area contributed by atoms with Crippen LogP contribution >= 0.6 is 0 Å². The number of carbonyl (C=O) groups is 3. The van der Waals surface area contributed by atoms with Crippen molar-refractivity contribution in [2.75, 3.05) is 36.5 Å². The average molecular weight is 481 g/mol. The molecule has 1 aliphatic heterocycles. The van der Waals surface area contributed by atoms with Crippen LogP contribution in [0.5, 0.6) is 0 Å². The summed E-state index contributed by atoms with van der Waals surface area (Å²) in [5.74, 6) is -0.0757. The topological polar surface area (TPSA) is 99.8 Å². The van der Waals surface area contributed by atoms with Gasteiger partial charge in [-0.3, -0.25) is 9.59 Å². The summed E-state index contributed by atoms with van der Waals surface area (Å²) in [5.41, 5.74) is 3.21. The second-order valence-electron chi connectivity index (χ2n) is 9.09. The van der Waals surface area contributed by atoms with Gasteiger partial charge in [0.25, 0.3) is 5.91 Å². The number of hydrogen-bond donors (Lipinski definition) is 3. The number of carbonyl (C=O) groups excluding carboxylic acids is 3. The van der Waals surface area contributed by atoms with E-state index in [1.807, 2.05) is 26.0 Å². The molecule has 2 aromatic rings. The number of urea groups is 1. The number of hydrogen-bond acceptors (Lipinski definition) is 5. The third kappa shape index (κ3) is 8.02. The van der Waals surface area contributed by atoms with E-state index in [2.05, 4.69) is 45.1 Å². The molecule has 1 fully saturated rings. The van der Waals surface area contributed by atoms with Gasteiger partial charge in [-0.2, -0.15) is 0 Å². The summed E-state index contributed by atoms with van der Waals surface area (Å²) in [4.78, 5) is 39.0. The Hall–Kier alpha value is -3.55. The van der Waals surface area contributed by atoms with Gasteiger partial charge in [0, 0.05) is 30.5 Å². The fourth-order valence-electron chi connectivity index (χ4n) is 4.28. The molecule has 3 rings (SSSR count). The molecule has 1 aliphatic rings. The van der Waals surface area contributed by atoms with Gasteiger partial charge in [-0.15, -0.1) is 0 Å². The highest BCUT2D eigenvalue weighted by Crippen LogP contribution is 2.30. The van der Waals surface area contributed by atoms with Gasteiger partial charge in [0.1, 0.15) is 6.54 Å². The van der Waals surface area contributed by atoms with Gasteiger partial charge in [-0.25, -0.2) is 4.79 Å². The molecule has 0 aliphatic carbocycles. The van der Waals surface area contributed by atoms with E-state index in [0.717, 1.165) is 38.0 Å². The van der Waals surface area contributed by atoms with Crippen LogP contribution in [-0.2, 0) is 16.0 Å². The first-order valence-electron chi connectivity index (χ1n) is 12.3. The summed E-state index contributed by atoms with van der Waals surface area (Å²) in [5, 5.41) is 8.12. The standard InChI is InChI=1S/C27H36N4O4/c1-4-35-25(32)18-28-27(34)30-22-10-11-24(23(17-22)26(33)29-19(2)3)31-14-12-21(13-15-31)16-20-8-6-5-7-9-20/h5-11,17,19,21H,4,12-16,18H2,1-3H3,(H,29,33)(H2,28,30,34). The van der Waals surface area contributed by atoms with E-state index >= 15 is 0 Å². The Morgan fingerprint density at radius 1 is 1.06 bits per heavy atom. The van der Waals surface area contributed by atoms with Gasteiger partial charge in [0.2, 0.25) is 0 Å².